The van der Waals surface area contributed by atoms with Gasteiger partial charge in [-0.25, -0.2) is 9.37 Å². The number of aromatic nitrogens is 2. The summed E-state index contributed by atoms with van der Waals surface area (Å²) in [5, 5.41) is 0. The van der Waals surface area contributed by atoms with E-state index in [1.54, 1.807) is 12.1 Å². The highest BCUT2D eigenvalue weighted by molar-refractivity contribution is 5.24. The molecule has 0 aliphatic carbocycles. The number of aryl methyl sites for hydroxylation is 1. The van der Waals surface area contributed by atoms with Gasteiger partial charge in [-0.2, -0.15) is 0 Å². The van der Waals surface area contributed by atoms with Gasteiger partial charge >= 0.3 is 0 Å². The molecule has 0 bridgehead atoms. The molecule has 1 heterocycles. The summed E-state index contributed by atoms with van der Waals surface area (Å²) in [6, 6.07) is 6.00. The van der Waals surface area contributed by atoms with Gasteiger partial charge in [-0.05, 0) is 19.1 Å². The fraction of sp³-hybridized carbons (Fsp3) is 0.250. The zero-order valence-electron chi connectivity index (χ0n) is 9.56. The molecule has 17 heavy (non-hydrogen) atoms. The largest absolute Gasteiger partial charge is 0.487 e. The molecule has 0 radical (unpaired) electrons. The Hall–Kier alpha value is -2.04. The number of hydrogen-bond acceptors (Lipinski definition) is 3. The van der Waals surface area contributed by atoms with Crippen LogP contribution in [-0.2, 0) is 13.2 Å². The van der Waals surface area contributed by atoms with Crippen LogP contribution in [0.25, 0.3) is 0 Å². The topological polar surface area (TPSA) is 53.1 Å². The quantitative estimate of drug-likeness (QED) is 0.883. The van der Waals surface area contributed by atoms with Crippen molar-refractivity contribution in [3.05, 3.63) is 42.0 Å². The molecule has 0 amide bonds. The van der Waals surface area contributed by atoms with Crippen molar-refractivity contribution in [2.24, 2.45) is 0 Å². The van der Waals surface area contributed by atoms with Crippen LogP contribution >= 0.6 is 0 Å². The lowest BCUT2D eigenvalue weighted by molar-refractivity contribution is 0.300. The van der Waals surface area contributed by atoms with E-state index in [-0.39, 0.29) is 12.4 Å². The average Bonchev–Trinajstić information content (AvgIpc) is 2.67. The fourth-order valence-corrected chi connectivity index (χ4v) is 1.52. The summed E-state index contributed by atoms with van der Waals surface area (Å²) in [6.07, 6.45) is 1.83. The summed E-state index contributed by atoms with van der Waals surface area (Å²) < 4.78 is 20.1. The van der Waals surface area contributed by atoms with Gasteiger partial charge in [0.1, 0.15) is 18.2 Å². The molecule has 2 aromatic rings. The third-order valence-corrected chi connectivity index (χ3v) is 2.38. The first-order chi connectivity index (χ1) is 8.19. The van der Waals surface area contributed by atoms with E-state index in [9.17, 15) is 4.39 Å². The van der Waals surface area contributed by atoms with Gasteiger partial charge in [-0.15, -0.1) is 0 Å². The normalized spacial score (nSPS) is 10.5. The Bertz CT molecular complexity index is 510. The Morgan fingerprint density at radius 2 is 2.29 bits per heavy atom. The van der Waals surface area contributed by atoms with Crippen LogP contribution < -0.4 is 10.5 Å². The van der Waals surface area contributed by atoms with Crippen LogP contribution in [0.2, 0.25) is 0 Å². The average molecular weight is 235 g/mol. The van der Waals surface area contributed by atoms with Crippen LogP contribution in [0.15, 0.2) is 30.5 Å². The molecular formula is C12H14FN3O. The number of nitrogen functional groups attached to an aromatic ring is 1. The number of imidazole rings is 1. The first-order valence-corrected chi connectivity index (χ1v) is 5.39. The van der Waals surface area contributed by atoms with Crippen LogP contribution in [0.3, 0.4) is 0 Å². The van der Waals surface area contributed by atoms with Crippen molar-refractivity contribution in [3.63, 3.8) is 0 Å². The molecule has 0 saturated carbocycles. The monoisotopic (exact) mass is 235 g/mol. The number of benzene rings is 1. The molecule has 0 spiro atoms. The Labute approximate surface area is 98.8 Å². The minimum absolute atomic E-state index is 0.278. The molecule has 0 atom stereocenters. The number of anilines is 1. The number of nitrogens with two attached hydrogens (primary N) is 1. The molecule has 2 rings (SSSR count). The lowest BCUT2D eigenvalue weighted by Crippen LogP contribution is -1.98. The summed E-state index contributed by atoms with van der Waals surface area (Å²) in [4.78, 5) is 4.14. The fourth-order valence-electron chi connectivity index (χ4n) is 1.52. The zero-order valence-corrected chi connectivity index (χ0v) is 9.56. The third-order valence-electron chi connectivity index (χ3n) is 2.38. The predicted molar refractivity (Wildman–Crippen MR) is 63.0 cm³/mol. The molecule has 0 unspecified atom stereocenters. The van der Waals surface area contributed by atoms with Gasteiger partial charge in [-0.3, -0.25) is 0 Å². The summed E-state index contributed by atoms with van der Waals surface area (Å²) in [6.45, 7) is 3.02. The van der Waals surface area contributed by atoms with Crippen molar-refractivity contribution in [1.82, 2.24) is 9.55 Å². The summed E-state index contributed by atoms with van der Waals surface area (Å²) in [7, 11) is 0. The van der Waals surface area contributed by atoms with Gasteiger partial charge in [0.2, 0.25) is 0 Å². The van der Waals surface area contributed by atoms with Gasteiger partial charge in [0, 0.05) is 18.8 Å². The van der Waals surface area contributed by atoms with Crippen molar-refractivity contribution in [2.75, 3.05) is 5.73 Å². The van der Waals surface area contributed by atoms with Crippen LogP contribution in [0, 0.1) is 5.82 Å². The van der Waals surface area contributed by atoms with Gasteiger partial charge in [0.25, 0.3) is 0 Å². The highest BCUT2D eigenvalue weighted by Crippen LogP contribution is 2.14. The van der Waals surface area contributed by atoms with Crippen LogP contribution in [0.1, 0.15) is 12.6 Å². The van der Waals surface area contributed by atoms with Crippen molar-refractivity contribution >= 4 is 5.95 Å². The molecule has 1 aromatic heterocycles. The Balaban J connectivity index is 2.02. The summed E-state index contributed by atoms with van der Waals surface area (Å²) in [5.41, 5.74) is 6.41. The van der Waals surface area contributed by atoms with Gasteiger partial charge in [-0.1, -0.05) is 6.07 Å². The predicted octanol–water partition coefficient (Wildman–Crippen LogP) is 2.20. The Morgan fingerprint density at radius 1 is 1.47 bits per heavy atom. The SMILES string of the molecule is CCn1cc(COc2cccc(F)c2)nc1N. The molecule has 4 nitrogen and oxygen atoms in total. The number of halogens is 1. The number of rotatable bonds is 4. The van der Waals surface area contributed by atoms with E-state index >= 15 is 0 Å². The molecule has 2 N–H and O–H groups in total. The van der Waals surface area contributed by atoms with E-state index in [0.717, 1.165) is 12.2 Å². The second kappa shape index (κ2) is 4.86. The second-order valence-corrected chi connectivity index (χ2v) is 3.62. The third kappa shape index (κ3) is 2.75. The van der Waals surface area contributed by atoms with Crippen LogP contribution in [0.5, 0.6) is 5.75 Å². The second-order valence-electron chi connectivity index (χ2n) is 3.62. The van der Waals surface area contributed by atoms with Crippen molar-refractivity contribution < 1.29 is 9.13 Å². The molecule has 5 heteroatoms. The first-order valence-electron chi connectivity index (χ1n) is 5.39. The van der Waals surface area contributed by atoms with Crippen molar-refractivity contribution in [2.45, 2.75) is 20.1 Å². The molecule has 0 aliphatic rings. The highest BCUT2D eigenvalue weighted by Gasteiger charge is 2.04. The lowest BCUT2D eigenvalue weighted by atomic mass is 10.3. The maximum atomic E-state index is 12.9. The van der Waals surface area contributed by atoms with Crippen LogP contribution in [-0.4, -0.2) is 9.55 Å². The van der Waals surface area contributed by atoms with Crippen LogP contribution in [0.4, 0.5) is 10.3 Å². The van der Waals surface area contributed by atoms with Crippen molar-refractivity contribution in [1.29, 1.82) is 0 Å². The maximum Gasteiger partial charge on any atom is 0.200 e. The van der Waals surface area contributed by atoms with E-state index in [0.29, 0.717) is 11.7 Å². The van der Waals surface area contributed by atoms with E-state index in [1.807, 2.05) is 17.7 Å². The van der Waals surface area contributed by atoms with Gasteiger partial charge in [0.05, 0.1) is 5.69 Å². The van der Waals surface area contributed by atoms with Crippen molar-refractivity contribution in [3.8, 4) is 5.75 Å². The van der Waals surface area contributed by atoms with E-state index in [2.05, 4.69) is 4.98 Å². The molecule has 0 aliphatic heterocycles. The Morgan fingerprint density at radius 3 is 2.94 bits per heavy atom. The molecule has 1 aromatic carbocycles. The molecule has 0 saturated heterocycles. The first kappa shape index (κ1) is 11.4. The molecular weight excluding hydrogens is 221 g/mol. The van der Waals surface area contributed by atoms with E-state index in [4.69, 9.17) is 10.5 Å². The number of hydrogen-bond donors (Lipinski definition) is 1. The van der Waals surface area contributed by atoms with E-state index < -0.39 is 0 Å². The molecule has 0 fully saturated rings. The summed E-state index contributed by atoms with van der Waals surface area (Å²) in [5.74, 6) is 0.626. The highest BCUT2D eigenvalue weighted by atomic mass is 19.1. The minimum atomic E-state index is -0.318. The van der Waals surface area contributed by atoms with Gasteiger partial charge < -0.3 is 15.0 Å². The lowest BCUT2D eigenvalue weighted by Gasteiger charge is -2.03. The molecule has 90 valence electrons. The van der Waals surface area contributed by atoms with E-state index in [1.165, 1.54) is 12.1 Å². The smallest absolute Gasteiger partial charge is 0.200 e. The number of nitrogens with zero attached hydrogens (tertiary/aromatic N) is 2. The minimum Gasteiger partial charge on any atom is -0.487 e. The maximum absolute atomic E-state index is 12.9. The Kier molecular flexibility index (Phi) is 3.27. The van der Waals surface area contributed by atoms with Gasteiger partial charge in [0.15, 0.2) is 5.95 Å². The zero-order chi connectivity index (χ0) is 12.3. The standard InChI is InChI=1S/C12H14FN3O/c1-2-16-7-10(15-12(16)14)8-17-11-5-3-4-9(13)6-11/h3-7H,2,8H2,1H3,(H2,14,15). The number of ether oxygens (including phenoxy) is 1. The summed E-state index contributed by atoms with van der Waals surface area (Å²) >= 11 is 0.